The van der Waals surface area contributed by atoms with Gasteiger partial charge in [0.15, 0.2) is 0 Å². The molecule has 0 aliphatic heterocycles. The molecule has 0 aliphatic carbocycles. The summed E-state index contributed by atoms with van der Waals surface area (Å²) in [6, 6.07) is 11.9. The SMILES string of the molecule is Cc1cc(CCNC(=O)CCc2ccccc2)no1. The van der Waals surface area contributed by atoms with Crippen LogP contribution in [0.2, 0.25) is 0 Å². The second-order valence-corrected chi connectivity index (χ2v) is 4.51. The maximum absolute atomic E-state index is 11.7. The van der Waals surface area contributed by atoms with E-state index in [9.17, 15) is 4.79 Å². The van der Waals surface area contributed by atoms with Crippen molar-refractivity contribution < 1.29 is 9.32 Å². The molecule has 1 amide bonds. The predicted molar refractivity (Wildman–Crippen MR) is 72.7 cm³/mol. The number of rotatable bonds is 6. The van der Waals surface area contributed by atoms with Gasteiger partial charge in [0.2, 0.25) is 5.91 Å². The molecule has 1 N–H and O–H groups in total. The van der Waals surface area contributed by atoms with Gasteiger partial charge in [0, 0.05) is 25.5 Å². The molecule has 2 aromatic rings. The molecule has 0 unspecified atom stereocenters. The predicted octanol–water partition coefficient (Wildman–Crippen LogP) is 2.27. The molecule has 0 radical (unpaired) electrons. The summed E-state index contributed by atoms with van der Waals surface area (Å²) in [7, 11) is 0. The zero-order valence-electron chi connectivity index (χ0n) is 11.1. The van der Waals surface area contributed by atoms with Gasteiger partial charge in [-0.1, -0.05) is 35.5 Å². The minimum absolute atomic E-state index is 0.0732. The van der Waals surface area contributed by atoms with E-state index in [-0.39, 0.29) is 5.91 Å². The Kier molecular flexibility index (Phi) is 4.72. The highest BCUT2D eigenvalue weighted by molar-refractivity contribution is 5.76. The summed E-state index contributed by atoms with van der Waals surface area (Å²) >= 11 is 0. The number of nitrogens with one attached hydrogen (secondary N) is 1. The standard InChI is InChI=1S/C15H18N2O2/c1-12-11-14(17-19-12)9-10-16-15(18)8-7-13-5-3-2-4-6-13/h2-6,11H,7-10H2,1H3,(H,16,18). The Morgan fingerprint density at radius 2 is 2.05 bits per heavy atom. The summed E-state index contributed by atoms with van der Waals surface area (Å²) in [6.45, 7) is 2.45. The molecule has 2 rings (SSSR count). The summed E-state index contributed by atoms with van der Waals surface area (Å²) in [6.07, 6.45) is 1.99. The molecule has 1 aromatic carbocycles. The Bertz CT molecular complexity index is 520. The van der Waals surface area contributed by atoms with E-state index in [1.165, 1.54) is 5.56 Å². The van der Waals surface area contributed by atoms with Crippen LogP contribution in [0.1, 0.15) is 23.4 Å². The summed E-state index contributed by atoms with van der Waals surface area (Å²) in [5.41, 5.74) is 2.06. The molecule has 0 aliphatic rings. The van der Waals surface area contributed by atoms with Gasteiger partial charge in [0.05, 0.1) is 5.69 Å². The van der Waals surface area contributed by atoms with Crippen LogP contribution in [0.5, 0.6) is 0 Å². The largest absolute Gasteiger partial charge is 0.361 e. The van der Waals surface area contributed by atoms with E-state index >= 15 is 0 Å². The first-order valence-electron chi connectivity index (χ1n) is 6.47. The molecule has 0 bridgehead atoms. The molecule has 0 saturated heterocycles. The van der Waals surface area contributed by atoms with Gasteiger partial charge < -0.3 is 9.84 Å². The molecule has 1 heterocycles. The number of hydrogen-bond acceptors (Lipinski definition) is 3. The first-order chi connectivity index (χ1) is 9.24. The molecule has 0 fully saturated rings. The van der Waals surface area contributed by atoms with Crippen molar-refractivity contribution in [2.24, 2.45) is 0 Å². The lowest BCUT2D eigenvalue weighted by Crippen LogP contribution is -2.25. The molecule has 0 saturated carbocycles. The first-order valence-corrected chi connectivity index (χ1v) is 6.47. The Morgan fingerprint density at radius 3 is 2.74 bits per heavy atom. The van der Waals surface area contributed by atoms with Crippen LogP contribution < -0.4 is 5.32 Å². The van der Waals surface area contributed by atoms with Gasteiger partial charge in [-0.3, -0.25) is 4.79 Å². The molecular weight excluding hydrogens is 240 g/mol. The Labute approximate surface area is 112 Å². The highest BCUT2D eigenvalue weighted by Gasteiger charge is 2.03. The zero-order chi connectivity index (χ0) is 13.5. The number of carbonyl (C=O) groups excluding carboxylic acids is 1. The molecule has 1 aromatic heterocycles. The lowest BCUT2D eigenvalue weighted by molar-refractivity contribution is -0.121. The van der Waals surface area contributed by atoms with Crippen LogP contribution in [-0.2, 0) is 17.6 Å². The van der Waals surface area contributed by atoms with Gasteiger partial charge in [-0.25, -0.2) is 0 Å². The topological polar surface area (TPSA) is 55.1 Å². The van der Waals surface area contributed by atoms with Crippen molar-refractivity contribution in [3.63, 3.8) is 0 Å². The quantitative estimate of drug-likeness (QED) is 0.864. The number of nitrogens with zero attached hydrogens (tertiary/aromatic N) is 1. The van der Waals surface area contributed by atoms with E-state index in [2.05, 4.69) is 10.5 Å². The van der Waals surface area contributed by atoms with Crippen LogP contribution in [0.25, 0.3) is 0 Å². The van der Waals surface area contributed by atoms with Crippen LogP contribution in [0.4, 0.5) is 0 Å². The number of carbonyl (C=O) groups is 1. The Hall–Kier alpha value is -2.10. The normalized spacial score (nSPS) is 10.4. The Morgan fingerprint density at radius 1 is 1.26 bits per heavy atom. The Balaban J connectivity index is 1.65. The van der Waals surface area contributed by atoms with Gasteiger partial charge >= 0.3 is 0 Å². The number of aromatic nitrogens is 1. The lowest BCUT2D eigenvalue weighted by Gasteiger charge is -2.04. The number of hydrogen-bond donors (Lipinski definition) is 1. The van der Waals surface area contributed by atoms with Crippen molar-refractivity contribution in [3.05, 3.63) is 53.4 Å². The fourth-order valence-electron chi connectivity index (χ4n) is 1.86. The van der Waals surface area contributed by atoms with E-state index in [4.69, 9.17) is 4.52 Å². The third-order valence-corrected chi connectivity index (χ3v) is 2.86. The third kappa shape index (κ3) is 4.58. The van der Waals surface area contributed by atoms with Crippen molar-refractivity contribution >= 4 is 5.91 Å². The van der Waals surface area contributed by atoms with Crippen molar-refractivity contribution in [2.45, 2.75) is 26.2 Å². The fourth-order valence-corrected chi connectivity index (χ4v) is 1.86. The number of amides is 1. The minimum atomic E-state index is 0.0732. The summed E-state index contributed by atoms with van der Waals surface area (Å²) in [5.74, 6) is 0.870. The monoisotopic (exact) mass is 258 g/mol. The van der Waals surface area contributed by atoms with Crippen LogP contribution in [-0.4, -0.2) is 17.6 Å². The third-order valence-electron chi connectivity index (χ3n) is 2.86. The minimum Gasteiger partial charge on any atom is -0.361 e. The highest BCUT2D eigenvalue weighted by Crippen LogP contribution is 2.03. The summed E-state index contributed by atoms with van der Waals surface area (Å²) < 4.78 is 4.96. The number of aryl methyl sites for hydroxylation is 2. The van der Waals surface area contributed by atoms with Crippen LogP contribution in [0, 0.1) is 6.92 Å². The molecule has 4 nitrogen and oxygen atoms in total. The lowest BCUT2D eigenvalue weighted by atomic mass is 10.1. The second-order valence-electron chi connectivity index (χ2n) is 4.51. The van der Waals surface area contributed by atoms with Gasteiger partial charge in [0.25, 0.3) is 0 Å². The molecule has 4 heteroatoms. The molecular formula is C15H18N2O2. The fraction of sp³-hybridized carbons (Fsp3) is 0.333. The average Bonchev–Trinajstić information content (AvgIpc) is 2.83. The average molecular weight is 258 g/mol. The van der Waals surface area contributed by atoms with Crippen molar-refractivity contribution in [3.8, 4) is 0 Å². The van der Waals surface area contributed by atoms with E-state index < -0.39 is 0 Å². The summed E-state index contributed by atoms with van der Waals surface area (Å²) in [5, 5.41) is 6.77. The molecule has 100 valence electrons. The van der Waals surface area contributed by atoms with Crippen molar-refractivity contribution in [2.75, 3.05) is 6.54 Å². The first kappa shape index (κ1) is 13.3. The number of benzene rings is 1. The van der Waals surface area contributed by atoms with Crippen molar-refractivity contribution in [1.82, 2.24) is 10.5 Å². The van der Waals surface area contributed by atoms with Gasteiger partial charge in [-0.15, -0.1) is 0 Å². The second kappa shape index (κ2) is 6.73. The highest BCUT2D eigenvalue weighted by atomic mass is 16.5. The van der Waals surface area contributed by atoms with Gasteiger partial charge in [-0.2, -0.15) is 0 Å². The van der Waals surface area contributed by atoms with E-state index in [1.807, 2.05) is 43.3 Å². The van der Waals surface area contributed by atoms with E-state index in [1.54, 1.807) is 0 Å². The van der Waals surface area contributed by atoms with E-state index in [0.717, 1.165) is 17.9 Å². The molecule has 19 heavy (non-hydrogen) atoms. The molecule has 0 spiro atoms. The smallest absolute Gasteiger partial charge is 0.220 e. The van der Waals surface area contributed by atoms with Crippen LogP contribution in [0.3, 0.4) is 0 Å². The maximum atomic E-state index is 11.7. The van der Waals surface area contributed by atoms with Gasteiger partial charge in [-0.05, 0) is 18.9 Å². The van der Waals surface area contributed by atoms with Crippen molar-refractivity contribution in [1.29, 1.82) is 0 Å². The summed E-state index contributed by atoms with van der Waals surface area (Å²) in [4.78, 5) is 11.7. The molecule has 0 atom stereocenters. The van der Waals surface area contributed by atoms with Crippen LogP contribution in [0.15, 0.2) is 40.9 Å². The van der Waals surface area contributed by atoms with E-state index in [0.29, 0.717) is 19.4 Å². The van der Waals surface area contributed by atoms with Crippen LogP contribution >= 0.6 is 0 Å². The van der Waals surface area contributed by atoms with Gasteiger partial charge in [0.1, 0.15) is 5.76 Å². The maximum Gasteiger partial charge on any atom is 0.220 e. The zero-order valence-corrected chi connectivity index (χ0v) is 11.1.